The molecule has 0 aliphatic carbocycles. The Kier molecular flexibility index (Phi) is 15.0. The Labute approximate surface area is 210 Å². The number of hydrogen-bond donors (Lipinski definition) is 0. The van der Waals surface area contributed by atoms with E-state index in [1.807, 2.05) is 0 Å². The SMILES string of the molecule is CCCC[N+](CCCC)(CCCC)CCCC.O=S(=O)([O-])C(F)(C(F)(F)F)C(F)(F)C(F)(F)C(F)(F)F. The average Bonchev–Trinajstić information content (AvgIpc) is 2.75. The van der Waals surface area contributed by atoms with Gasteiger partial charge in [0.2, 0.25) is 0 Å². The number of nitrogens with zero attached hydrogens (tertiary/aromatic N) is 1. The fourth-order valence-electron chi connectivity index (χ4n) is 3.50. The molecule has 0 fully saturated rings. The lowest BCUT2D eigenvalue weighted by Crippen LogP contribution is -2.70. The van der Waals surface area contributed by atoms with Gasteiger partial charge in [0.1, 0.15) is 10.1 Å². The van der Waals surface area contributed by atoms with E-state index in [-0.39, 0.29) is 0 Å². The van der Waals surface area contributed by atoms with Crippen LogP contribution in [0, 0.1) is 0 Å². The zero-order valence-corrected chi connectivity index (χ0v) is 22.0. The van der Waals surface area contributed by atoms with Gasteiger partial charge in [-0.2, -0.15) is 43.9 Å². The molecule has 4 nitrogen and oxygen atoms in total. The van der Waals surface area contributed by atoms with E-state index in [4.69, 9.17) is 0 Å². The lowest BCUT2D eigenvalue weighted by molar-refractivity contribution is -0.929. The second-order valence-electron chi connectivity index (χ2n) is 8.84. The van der Waals surface area contributed by atoms with Crippen LogP contribution in [-0.2, 0) is 10.1 Å². The first-order valence-electron chi connectivity index (χ1n) is 11.9. The monoisotopic (exact) mass is 591 g/mol. The maximum Gasteiger partial charge on any atom is 0.460 e. The zero-order valence-electron chi connectivity index (χ0n) is 21.2. The Bertz CT molecular complexity index is 718. The highest BCUT2D eigenvalue weighted by molar-refractivity contribution is 7.87. The molecule has 0 rings (SSSR count). The predicted octanol–water partition coefficient (Wildman–Crippen LogP) is 7.60. The maximum atomic E-state index is 12.9. The lowest BCUT2D eigenvalue weighted by Gasteiger charge is -2.39. The van der Waals surface area contributed by atoms with Gasteiger partial charge in [0.15, 0.2) is 0 Å². The molecule has 37 heavy (non-hydrogen) atoms. The van der Waals surface area contributed by atoms with Crippen LogP contribution in [0.15, 0.2) is 0 Å². The van der Waals surface area contributed by atoms with Crippen LogP contribution in [0.1, 0.15) is 79.1 Å². The summed E-state index contributed by atoms with van der Waals surface area (Å²) < 4.78 is 164. The van der Waals surface area contributed by atoms with Gasteiger partial charge in [-0.25, -0.2) is 12.8 Å². The second-order valence-corrected chi connectivity index (χ2v) is 10.3. The summed E-state index contributed by atoms with van der Waals surface area (Å²) in [6.45, 7) is 15.0. The Morgan fingerprint density at radius 2 is 0.811 bits per heavy atom. The van der Waals surface area contributed by atoms with Crippen molar-refractivity contribution in [3.05, 3.63) is 0 Å². The molecular formula is C21H36F11NO3S. The Hall–Kier alpha value is -0.900. The van der Waals surface area contributed by atoms with Crippen molar-refractivity contribution in [2.24, 2.45) is 0 Å². The van der Waals surface area contributed by atoms with Gasteiger partial charge in [-0.05, 0) is 25.7 Å². The van der Waals surface area contributed by atoms with Gasteiger partial charge >= 0.3 is 29.2 Å². The highest BCUT2D eigenvalue weighted by atomic mass is 32.2. The second kappa shape index (κ2) is 14.5. The van der Waals surface area contributed by atoms with Crippen molar-refractivity contribution >= 4 is 10.1 Å². The molecule has 0 amide bonds. The van der Waals surface area contributed by atoms with E-state index in [1.54, 1.807) is 0 Å². The smallest absolute Gasteiger partial charge is 0.460 e. The number of alkyl halides is 11. The van der Waals surface area contributed by atoms with E-state index < -0.39 is 39.3 Å². The number of unbranched alkanes of at least 4 members (excludes halogenated alkanes) is 4. The normalized spacial score (nSPS) is 15.7. The minimum Gasteiger partial charge on any atom is -0.745 e. The zero-order chi connectivity index (χ0) is 30.0. The minimum atomic E-state index is -7.99. The number of halogens is 11. The topological polar surface area (TPSA) is 57.2 Å². The fourth-order valence-corrected chi connectivity index (χ4v) is 4.23. The van der Waals surface area contributed by atoms with Crippen LogP contribution in [-0.4, -0.2) is 72.8 Å². The molecule has 16 heteroatoms. The van der Waals surface area contributed by atoms with Gasteiger partial charge in [0.05, 0.1) is 26.2 Å². The summed E-state index contributed by atoms with van der Waals surface area (Å²) in [5, 5.41) is -7.67. The van der Waals surface area contributed by atoms with E-state index >= 15 is 0 Å². The molecule has 0 heterocycles. The summed E-state index contributed by atoms with van der Waals surface area (Å²) in [5.74, 6) is -15.7. The van der Waals surface area contributed by atoms with Crippen molar-refractivity contribution in [3.8, 4) is 0 Å². The summed E-state index contributed by atoms with van der Waals surface area (Å²) in [4.78, 5) is 0. The Morgan fingerprint density at radius 1 is 0.541 bits per heavy atom. The molecule has 0 saturated carbocycles. The van der Waals surface area contributed by atoms with Crippen molar-refractivity contribution in [3.63, 3.8) is 0 Å². The Morgan fingerprint density at radius 3 is 0.973 bits per heavy atom. The first-order valence-corrected chi connectivity index (χ1v) is 13.3. The van der Waals surface area contributed by atoms with Gasteiger partial charge in [-0.3, -0.25) is 0 Å². The first-order chi connectivity index (χ1) is 16.5. The molecule has 0 saturated heterocycles. The van der Waals surface area contributed by atoms with Crippen LogP contribution in [0.4, 0.5) is 48.3 Å². The molecule has 226 valence electrons. The fraction of sp³-hybridized carbons (Fsp3) is 1.00. The quantitative estimate of drug-likeness (QED) is 0.112. The van der Waals surface area contributed by atoms with E-state index in [0.717, 1.165) is 0 Å². The van der Waals surface area contributed by atoms with Crippen LogP contribution >= 0.6 is 0 Å². The van der Waals surface area contributed by atoms with Crippen LogP contribution in [0.3, 0.4) is 0 Å². The van der Waals surface area contributed by atoms with Gasteiger partial charge in [-0.15, -0.1) is 0 Å². The van der Waals surface area contributed by atoms with E-state index in [1.165, 1.54) is 82.0 Å². The molecule has 0 aromatic carbocycles. The summed E-state index contributed by atoms with van der Waals surface area (Å²) in [6.07, 6.45) is -3.94. The van der Waals surface area contributed by atoms with Gasteiger partial charge in [0, 0.05) is 0 Å². The molecule has 0 bridgehead atoms. The summed E-state index contributed by atoms with van der Waals surface area (Å²) in [7, 11) is -7.99. The molecule has 1 unspecified atom stereocenters. The van der Waals surface area contributed by atoms with E-state index in [2.05, 4.69) is 27.7 Å². The summed E-state index contributed by atoms with van der Waals surface area (Å²) >= 11 is 0. The molecule has 0 aliphatic rings. The molecule has 0 aromatic rings. The summed E-state index contributed by atoms with van der Waals surface area (Å²) in [6, 6.07) is 0. The molecule has 0 radical (unpaired) electrons. The third kappa shape index (κ3) is 9.36. The van der Waals surface area contributed by atoms with Crippen LogP contribution in [0.25, 0.3) is 0 Å². The standard InChI is InChI=1S/C16H36N.C5HF11O3S/c1-5-9-13-17(14-10-6-2,15-11-7-3)16-12-8-4;6-1(7,2(8,9)4(11,12)13)3(10,5(14,15)16)20(17,18)19/h5-16H2,1-4H3;(H,17,18,19)/q+1;/p-1. The van der Waals surface area contributed by atoms with E-state index in [0.29, 0.717) is 0 Å². The average molecular weight is 592 g/mol. The molecule has 0 spiro atoms. The Balaban J connectivity index is 0. The molecule has 0 aromatic heterocycles. The highest BCUT2D eigenvalue weighted by Gasteiger charge is 2.89. The third-order valence-electron chi connectivity index (χ3n) is 5.81. The van der Waals surface area contributed by atoms with Crippen LogP contribution < -0.4 is 0 Å². The largest absolute Gasteiger partial charge is 0.745 e. The maximum absolute atomic E-state index is 12.9. The molecule has 0 aliphatic heterocycles. The number of quaternary nitrogens is 1. The van der Waals surface area contributed by atoms with Crippen LogP contribution in [0.2, 0.25) is 0 Å². The number of rotatable bonds is 15. The van der Waals surface area contributed by atoms with Gasteiger partial charge in [0.25, 0.3) is 0 Å². The number of hydrogen-bond acceptors (Lipinski definition) is 3. The van der Waals surface area contributed by atoms with Crippen molar-refractivity contribution in [1.82, 2.24) is 0 Å². The summed E-state index contributed by atoms with van der Waals surface area (Å²) in [5.41, 5.74) is 0. The predicted molar refractivity (Wildman–Crippen MR) is 115 cm³/mol. The third-order valence-corrected chi connectivity index (χ3v) is 6.98. The highest BCUT2D eigenvalue weighted by Crippen LogP contribution is 2.58. The van der Waals surface area contributed by atoms with Gasteiger partial charge in [-0.1, -0.05) is 53.4 Å². The lowest BCUT2D eigenvalue weighted by atomic mass is 10.1. The van der Waals surface area contributed by atoms with E-state index in [9.17, 15) is 61.3 Å². The van der Waals surface area contributed by atoms with Crippen molar-refractivity contribution in [1.29, 1.82) is 0 Å². The molecular weight excluding hydrogens is 555 g/mol. The molecule has 0 N–H and O–H groups in total. The molecule has 1 atom stereocenters. The van der Waals surface area contributed by atoms with Crippen molar-refractivity contribution in [2.75, 3.05) is 26.2 Å². The van der Waals surface area contributed by atoms with Crippen LogP contribution in [0.5, 0.6) is 0 Å². The minimum absolute atomic E-state index is 1.35. The first kappa shape index (κ1) is 38.2. The van der Waals surface area contributed by atoms with Crippen molar-refractivity contribution in [2.45, 2.75) is 108 Å². The van der Waals surface area contributed by atoms with Gasteiger partial charge < -0.3 is 9.04 Å². The van der Waals surface area contributed by atoms with Crippen molar-refractivity contribution < 1.29 is 65.7 Å².